The second kappa shape index (κ2) is 4.94. The highest BCUT2D eigenvalue weighted by Gasteiger charge is 2.15. The van der Waals surface area contributed by atoms with Crippen molar-refractivity contribution >= 4 is 0 Å². The fourth-order valence-electron chi connectivity index (χ4n) is 1.64. The monoisotopic (exact) mass is 245 g/mol. The van der Waals surface area contributed by atoms with Crippen LogP contribution in [-0.2, 0) is 0 Å². The molecule has 0 fully saturated rings. The van der Waals surface area contributed by atoms with Crippen LogP contribution in [0.4, 0.5) is 8.78 Å². The third-order valence-electron chi connectivity index (χ3n) is 2.61. The van der Waals surface area contributed by atoms with Gasteiger partial charge in [-0.05, 0) is 23.8 Å². The van der Waals surface area contributed by atoms with E-state index in [-0.39, 0.29) is 5.56 Å². The highest BCUT2D eigenvalue weighted by atomic mass is 19.1. The van der Waals surface area contributed by atoms with Gasteiger partial charge in [-0.2, -0.15) is 5.26 Å². The summed E-state index contributed by atoms with van der Waals surface area (Å²) in [6, 6.07) is 11.1. The van der Waals surface area contributed by atoms with E-state index in [1.54, 1.807) is 0 Å². The van der Waals surface area contributed by atoms with Gasteiger partial charge in [0.25, 0.3) is 0 Å². The van der Waals surface area contributed by atoms with Crippen LogP contribution in [0.3, 0.4) is 0 Å². The summed E-state index contributed by atoms with van der Waals surface area (Å²) >= 11 is 0. The molecule has 0 radical (unpaired) electrons. The molecule has 2 aromatic rings. The Balaban J connectivity index is 2.35. The van der Waals surface area contributed by atoms with Crippen molar-refractivity contribution in [2.75, 3.05) is 0 Å². The lowest BCUT2D eigenvalue weighted by Crippen LogP contribution is -2.03. The number of hydrogen-bond acceptors (Lipinski definition) is 2. The molecule has 0 aliphatic heterocycles. The summed E-state index contributed by atoms with van der Waals surface area (Å²) in [5.41, 5.74) is 0.895. The highest BCUT2D eigenvalue weighted by molar-refractivity contribution is 5.36. The molecular formula is C14H9F2NO. The first-order valence-corrected chi connectivity index (χ1v) is 5.25. The van der Waals surface area contributed by atoms with Crippen LogP contribution in [0.1, 0.15) is 22.8 Å². The van der Waals surface area contributed by atoms with Gasteiger partial charge in [-0.15, -0.1) is 0 Å². The molecule has 0 heterocycles. The fraction of sp³-hybridized carbons (Fsp3) is 0.0714. The average molecular weight is 245 g/mol. The Morgan fingerprint density at radius 3 is 2.28 bits per heavy atom. The SMILES string of the molecule is N#Cc1ccc(C(O)c2ccc(F)cc2F)cc1. The van der Waals surface area contributed by atoms with Crippen LogP contribution in [-0.4, -0.2) is 5.11 Å². The maximum Gasteiger partial charge on any atom is 0.132 e. The lowest BCUT2D eigenvalue weighted by molar-refractivity contribution is 0.214. The minimum absolute atomic E-state index is 0.00103. The van der Waals surface area contributed by atoms with E-state index in [1.165, 1.54) is 30.3 Å². The van der Waals surface area contributed by atoms with Gasteiger partial charge in [0.2, 0.25) is 0 Å². The van der Waals surface area contributed by atoms with E-state index in [1.807, 2.05) is 6.07 Å². The van der Waals surface area contributed by atoms with Crippen LogP contribution in [0.15, 0.2) is 42.5 Å². The molecule has 18 heavy (non-hydrogen) atoms. The van der Waals surface area contributed by atoms with E-state index < -0.39 is 17.7 Å². The Labute approximate surface area is 103 Å². The fourth-order valence-corrected chi connectivity index (χ4v) is 1.64. The summed E-state index contributed by atoms with van der Waals surface area (Å²) < 4.78 is 26.2. The molecular weight excluding hydrogens is 236 g/mol. The molecule has 4 heteroatoms. The number of hydrogen-bond donors (Lipinski definition) is 1. The van der Waals surface area contributed by atoms with Crippen LogP contribution in [0, 0.1) is 23.0 Å². The Morgan fingerprint density at radius 2 is 1.72 bits per heavy atom. The first-order chi connectivity index (χ1) is 8.61. The zero-order valence-corrected chi connectivity index (χ0v) is 9.27. The van der Waals surface area contributed by atoms with E-state index in [0.29, 0.717) is 11.1 Å². The van der Waals surface area contributed by atoms with Crippen molar-refractivity contribution in [3.8, 4) is 6.07 Å². The number of benzene rings is 2. The van der Waals surface area contributed by atoms with Gasteiger partial charge < -0.3 is 5.11 Å². The summed E-state index contributed by atoms with van der Waals surface area (Å²) in [5, 5.41) is 18.6. The summed E-state index contributed by atoms with van der Waals surface area (Å²) in [6.45, 7) is 0. The second-order valence-corrected chi connectivity index (χ2v) is 3.80. The van der Waals surface area contributed by atoms with Crippen molar-refractivity contribution in [2.24, 2.45) is 0 Å². The number of rotatable bonds is 2. The second-order valence-electron chi connectivity index (χ2n) is 3.80. The van der Waals surface area contributed by atoms with Crippen LogP contribution in [0.2, 0.25) is 0 Å². The Hall–Kier alpha value is -2.25. The molecule has 1 atom stereocenters. The normalized spacial score (nSPS) is 11.9. The topological polar surface area (TPSA) is 44.0 Å². The van der Waals surface area contributed by atoms with E-state index in [9.17, 15) is 13.9 Å². The number of halogens is 2. The van der Waals surface area contributed by atoms with Gasteiger partial charge in [0.1, 0.15) is 17.7 Å². The van der Waals surface area contributed by atoms with Crippen molar-refractivity contribution < 1.29 is 13.9 Å². The molecule has 0 amide bonds. The third kappa shape index (κ3) is 2.36. The molecule has 0 saturated heterocycles. The molecule has 90 valence electrons. The zero-order chi connectivity index (χ0) is 13.1. The van der Waals surface area contributed by atoms with E-state index >= 15 is 0 Å². The van der Waals surface area contributed by atoms with Gasteiger partial charge in [0.05, 0.1) is 11.6 Å². The number of nitriles is 1. The molecule has 0 spiro atoms. The Kier molecular flexibility index (Phi) is 3.35. The standard InChI is InChI=1S/C14H9F2NO/c15-11-5-6-12(13(16)7-11)14(18)10-3-1-9(8-17)2-4-10/h1-7,14,18H. The summed E-state index contributed by atoms with van der Waals surface area (Å²) in [6.07, 6.45) is -1.18. The van der Waals surface area contributed by atoms with E-state index in [2.05, 4.69) is 0 Å². The Bertz CT molecular complexity index is 602. The van der Waals surface area contributed by atoms with Crippen molar-refractivity contribution in [3.63, 3.8) is 0 Å². The van der Waals surface area contributed by atoms with Gasteiger partial charge in [-0.25, -0.2) is 8.78 Å². The van der Waals surface area contributed by atoms with Gasteiger partial charge in [0, 0.05) is 11.6 Å². The van der Waals surface area contributed by atoms with E-state index in [0.717, 1.165) is 12.1 Å². The number of aliphatic hydroxyl groups excluding tert-OH is 1. The first kappa shape index (κ1) is 12.2. The van der Waals surface area contributed by atoms with Crippen LogP contribution >= 0.6 is 0 Å². The first-order valence-electron chi connectivity index (χ1n) is 5.25. The minimum atomic E-state index is -1.18. The van der Waals surface area contributed by atoms with Crippen molar-refractivity contribution in [3.05, 3.63) is 70.8 Å². The molecule has 2 rings (SSSR count). The molecule has 2 nitrogen and oxygen atoms in total. The van der Waals surface area contributed by atoms with Gasteiger partial charge >= 0.3 is 0 Å². The smallest absolute Gasteiger partial charge is 0.132 e. The average Bonchev–Trinajstić information content (AvgIpc) is 2.38. The minimum Gasteiger partial charge on any atom is -0.384 e. The predicted molar refractivity (Wildman–Crippen MR) is 61.6 cm³/mol. The zero-order valence-electron chi connectivity index (χ0n) is 9.27. The maximum atomic E-state index is 13.5. The number of nitrogens with zero attached hydrogens (tertiary/aromatic N) is 1. The summed E-state index contributed by atoms with van der Waals surface area (Å²) in [4.78, 5) is 0. The highest BCUT2D eigenvalue weighted by Crippen LogP contribution is 2.24. The molecule has 0 bridgehead atoms. The van der Waals surface area contributed by atoms with Crippen molar-refractivity contribution in [1.29, 1.82) is 5.26 Å². The molecule has 1 unspecified atom stereocenters. The maximum absolute atomic E-state index is 13.5. The van der Waals surface area contributed by atoms with Crippen LogP contribution in [0.5, 0.6) is 0 Å². The molecule has 1 N–H and O–H groups in total. The predicted octanol–water partition coefficient (Wildman–Crippen LogP) is 2.92. The van der Waals surface area contributed by atoms with Crippen molar-refractivity contribution in [2.45, 2.75) is 6.10 Å². The quantitative estimate of drug-likeness (QED) is 0.884. The van der Waals surface area contributed by atoms with Gasteiger partial charge in [-0.1, -0.05) is 18.2 Å². The van der Waals surface area contributed by atoms with Gasteiger partial charge in [0.15, 0.2) is 0 Å². The van der Waals surface area contributed by atoms with Crippen molar-refractivity contribution in [1.82, 2.24) is 0 Å². The lowest BCUT2D eigenvalue weighted by Gasteiger charge is -2.12. The summed E-state index contributed by atoms with van der Waals surface area (Å²) in [7, 11) is 0. The van der Waals surface area contributed by atoms with Crippen LogP contribution < -0.4 is 0 Å². The number of aliphatic hydroxyl groups is 1. The lowest BCUT2D eigenvalue weighted by atomic mass is 10.00. The molecule has 0 aromatic heterocycles. The largest absolute Gasteiger partial charge is 0.384 e. The van der Waals surface area contributed by atoms with E-state index in [4.69, 9.17) is 5.26 Å². The van der Waals surface area contributed by atoms with Crippen LogP contribution in [0.25, 0.3) is 0 Å². The molecule has 0 saturated carbocycles. The third-order valence-corrected chi connectivity index (χ3v) is 2.61. The summed E-state index contributed by atoms with van der Waals surface area (Å²) in [5.74, 6) is -1.49. The Morgan fingerprint density at radius 1 is 1.06 bits per heavy atom. The molecule has 0 aliphatic rings. The van der Waals surface area contributed by atoms with Gasteiger partial charge in [-0.3, -0.25) is 0 Å². The molecule has 2 aromatic carbocycles. The molecule has 0 aliphatic carbocycles.